The average Bonchev–Trinajstić information content (AvgIpc) is 2.92. The van der Waals surface area contributed by atoms with Gasteiger partial charge in [0.05, 0.1) is 12.1 Å². The molecule has 2 N–H and O–H groups in total. The third-order valence-electron chi connectivity index (χ3n) is 4.19. The van der Waals surface area contributed by atoms with Crippen molar-refractivity contribution in [1.29, 1.82) is 0 Å². The number of thiocarbonyl (C=S) groups is 1. The number of aliphatic hydroxyl groups is 1. The molecule has 2 saturated heterocycles. The molecule has 0 aromatic rings. The second-order valence-electron chi connectivity index (χ2n) is 5.97. The summed E-state index contributed by atoms with van der Waals surface area (Å²) in [5, 5.41) is 13.6. The molecule has 6 nitrogen and oxygen atoms in total. The second kappa shape index (κ2) is 8.75. The third-order valence-corrected chi connectivity index (χ3v) is 4.97. The summed E-state index contributed by atoms with van der Waals surface area (Å²) in [6, 6.07) is 0.0168. The molecule has 130 valence electrons. The maximum absolute atomic E-state index is 12.1. The summed E-state index contributed by atoms with van der Waals surface area (Å²) in [4.78, 5) is 15.8. The number of aliphatic hydroxyl groups excluding tert-OH is 1. The molecule has 1 amide bonds. The molecule has 0 spiro atoms. The molecule has 0 bridgehead atoms. The van der Waals surface area contributed by atoms with Crippen molar-refractivity contribution in [3.8, 4) is 0 Å². The van der Waals surface area contributed by atoms with Crippen molar-refractivity contribution >= 4 is 36.1 Å². The molecule has 0 aliphatic carbocycles. The summed E-state index contributed by atoms with van der Waals surface area (Å²) in [6.45, 7) is 6.44. The van der Waals surface area contributed by atoms with Crippen LogP contribution in [0.2, 0.25) is 0 Å². The van der Waals surface area contributed by atoms with E-state index in [4.69, 9.17) is 17.0 Å². The number of likely N-dealkylation sites (tertiary alicyclic amines) is 2. The second-order valence-corrected chi connectivity index (χ2v) is 7.08. The van der Waals surface area contributed by atoms with Gasteiger partial charge in [-0.05, 0) is 31.5 Å². The first kappa shape index (κ1) is 18.4. The SMILES string of the molecule is C=CCOC(=O)N1C[C@@H](S)C[C@H]1CNC(=S)N1CCC(O)CC1. The summed E-state index contributed by atoms with van der Waals surface area (Å²) in [7, 11) is 0. The number of hydrogen-bond acceptors (Lipinski definition) is 5. The Morgan fingerprint density at radius 3 is 2.83 bits per heavy atom. The van der Waals surface area contributed by atoms with Crippen molar-refractivity contribution in [1.82, 2.24) is 15.1 Å². The molecule has 2 rings (SSSR count). The first-order chi connectivity index (χ1) is 11.0. The number of piperidine rings is 1. The van der Waals surface area contributed by atoms with E-state index in [1.807, 2.05) is 0 Å². The van der Waals surface area contributed by atoms with Crippen LogP contribution in [0.25, 0.3) is 0 Å². The molecule has 2 fully saturated rings. The predicted octanol–water partition coefficient (Wildman–Crippen LogP) is 1.01. The van der Waals surface area contributed by atoms with Crippen molar-refractivity contribution in [2.24, 2.45) is 0 Å². The largest absolute Gasteiger partial charge is 0.445 e. The van der Waals surface area contributed by atoms with Gasteiger partial charge in [0.25, 0.3) is 0 Å². The van der Waals surface area contributed by atoms with E-state index in [0.717, 1.165) is 32.4 Å². The van der Waals surface area contributed by atoms with Crippen LogP contribution < -0.4 is 5.32 Å². The fourth-order valence-electron chi connectivity index (χ4n) is 2.91. The van der Waals surface area contributed by atoms with E-state index < -0.39 is 0 Å². The van der Waals surface area contributed by atoms with Gasteiger partial charge in [0.15, 0.2) is 5.11 Å². The van der Waals surface area contributed by atoms with Gasteiger partial charge in [-0.25, -0.2) is 4.79 Å². The highest BCUT2D eigenvalue weighted by atomic mass is 32.1. The highest BCUT2D eigenvalue weighted by Gasteiger charge is 2.34. The van der Waals surface area contributed by atoms with Gasteiger partial charge in [-0.2, -0.15) is 12.6 Å². The number of nitrogens with one attached hydrogen (secondary N) is 1. The van der Waals surface area contributed by atoms with Crippen LogP contribution in [-0.2, 0) is 4.74 Å². The van der Waals surface area contributed by atoms with Crippen molar-refractivity contribution < 1.29 is 14.6 Å². The summed E-state index contributed by atoms with van der Waals surface area (Å²) in [6.07, 6.45) is 3.29. The standard InChI is InChI=1S/C15H25N3O3S2/c1-2-7-21-15(20)18-10-13(22)8-11(18)9-16-14(23)17-5-3-12(19)4-6-17/h2,11-13,19,22H,1,3-10H2,(H,16,23)/t11-,13-/m0/s1. The first-order valence-corrected chi connectivity index (χ1v) is 8.87. The van der Waals surface area contributed by atoms with Gasteiger partial charge < -0.3 is 25.0 Å². The lowest BCUT2D eigenvalue weighted by atomic mass is 10.1. The van der Waals surface area contributed by atoms with Crippen LogP contribution in [0.5, 0.6) is 0 Å². The van der Waals surface area contributed by atoms with E-state index in [2.05, 4.69) is 29.4 Å². The molecular weight excluding hydrogens is 334 g/mol. The Labute approximate surface area is 148 Å². The Morgan fingerprint density at radius 1 is 1.48 bits per heavy atom. The van der Waals surface area contributed by atoms with Gasteiger partial charge in [-0.15, -0.1) is 0 Å². The van der Waals surface area contributed by atoms with Crippen LogP contribution in [0.15, 0.2) is 12.7 Å². The molecule has 2 heterocycles. The fourth-order valence-corrected chi connectivity index (χ4v) is 3.59. The van der Waals surface area contributed by atoms with Gasteiger partial charge in [0.2, 0.25) is 0 Å². The summed E-state index contributed by atoms with van der Waals surface area (Å²) < 4.78 is 5.12. The highest BCUT2D eigenvalue weighted by molar-refractivity contribution is 7.81. The minimum atomic E-state index is -0.333. The van der Waals surface area contributed by atoms with Gasteiger partial charge in [0, 0.05) is 31.4 Å². The van der Waals surface area contributed by atoms with E-state index in [-0.39, 0.29) is 30.1 Å². The minimum Gasteiger partial charge on any atom is -0.445 e. The predicted molar refractivity (Wildman–Crippen MR) is 96.8 cm³/mol. The van der Waals surface area contributed by atoms with Gasteiger partial charge in [-0.3, -0.25) is 0 Å². The van der Waals surface area contributed by atoms with Crippen LogP contribution in [0.1, 0.15) is 19.3 Å². The number of nitrogens with zero attached hydrogens (tertiary/aromatic N) is 2. The highest BCUT2D eigenvalue weighted by Crippen LogP contribution is 2.22. The molecule has 8 heteroatoms. The molecule has 2 atom stereocenters. The van der Waals surface area contributed by atoms with Crippen molar-refractivity contribution in [2.75, 3.05) is 32.8 Å². The van der Waals surface area contributed by atoms with E-state index in [9.17, 15) is 9.90 Å². The van der Waals surface area contributed by atoms with Crippen molar-refractivity contribution in [3.05, 3.63) is 12.7 Å². The van der Waals surface area contributed by atoms with E-state index in [0.29, 0.717) is 18.2 Å². The Kier molecular flexibility index (Phi) is 6.98. The first-order valence-electron chi connectivity index (χ1n) is 7.94. The number of amides is 1. The third kappa shape index (κ3) is 5.26. The zero-order chi connectivity index (χ0) is 16.8. The Balaban J connectivity index is 1.81. The maximum atomic E-state index is 12.1. The van der Waals surface area contributed by atoms with Crippen LogP contribution in [0.3, 0.4) is 0 Å². The molecule has 23 heavy (non-hydrogen) atoms. The summed E-state index contributed by atoms with van der Waals surface area (Å²) in [5.41, 5.74) is 0. The lowest BCUT2D eigenvalue weighted by Crippen LogP contribution is -2.49. The number of thiol groups is 1. The Bertz CT molecular complexity index is 442. The number of carbonyl (C=O) groups excluding carboxylic acids is 1. The molecule has 0 aromatic carbocycles. The van der Waals surface area contributed by atoms with E-state index in [1.165, 1.54) is 0 Å². The summed E-state index contributed by atoms with van der Waals surface area (Å²) >= 11 is 9.90. The van der Waals surface area contributed by atoms with Crippen LogP contribution in [-0.4, -0.2) is 76.3 Å². The molecule has 0 unspecified atom stereocenters. The Morgan fingerprint density at radius 2 is 2.17 bits per heavy atom. The van der Waals surface area contributed by atoms with E-state index in [1.54, 1.807) is 11.0 Å². The average molecular weight is 360 g/mol. The molecule has 0 radical (unpaired) electrons. The quantitative estimate of drug-likeness (QED) is 0.396. The van der Waals surface area contributed by atoms with Crippen molar-refractivity contribution in [2.45, 2.75) is 36.7 Å². The van der Waals surface area contributed by atoms with Crippen LogP contribution >= 0.6 is 24.8 Å². The topological polar surface area (TPSA) is 65.0 Å². The molecular formula is C15H25N3O3S2. The zero-order valence-electron chi connectivity index (χ0n) is 13.2. The number of hydrogen-bond donors (Lipinski definition) is 3. The smallest absolute Gasteiger partial charge is 0.410 e. The number of carbonyl (C=O) groups is 1. The molecule has 2 aliphatic rings. The van der Waals surface area contributed by atoms with Crippen molar-refractivity contribution in [3.63, 3.8) is 0 Å². The maximum Gasteiger partial charge on any atom is 0.410 e. The molecule has 0 aromatic heterocycles. The van der Waals surface area contributed by atoms with Crippen LogP contribution in [0, 0.1) is 0 Å². The van der Waals surface area contributed by atoms with Gasteiger partial charge in [0.1, 0.15) is 6.61 Å². The molecule has 2 aliphatic heterocycles. The van der Waals surface area contributed by atoms with Crippen LogP contribution in [0.4, 0.5) is 4.79 Å². The normalized spacial score (nSPS) is 25.3. The summed E-state index contributed by atoms with van der Waals surface area (Å²) in [5.74, 6) is 0. The zero-order valence-corrected chi connectivity index (χ0v) is 14.9. The lowest BCUT2D eigenvalue weighted by molar-refractivity contribution is 0.105. The molecule has 0 saturated carbocycles. The fraction of sp³-hybridized carbons (Fsp3) is 0.733. The van der Waals surface area contributed by atoms with Gasteiger partial charge >= 0.3 is 6.09 Å². The number of rotatable bonds is 4. The van der Waals surface area contributed by atoms with Gasteiger partial charge in [-0.1, -0.05) is 12.7 Å². The van der Waals surface area contributed by atoms with E-state index >= 15 is 0 Å². The minimum absolute atomic E-state index is 0.0168. The monoisotopic (exact) mass is 359 g/mol. The lowest BCUT2D eigenvalue weighted by Gasteiger charge is -2.33. The number of ether oxygens (including phenoxy) is 1. The Hall–Kier alpha value is -0.990.